The highest BCUT2D eigenvalue weighted by atomic mass is 16.4. The molecule has 0 fully saturated rings. The van der Waals surface area contributed by atoms with E-state index in [9.17, 15) is 0 Å². The first kappa shape index (κ1) is 15.1. The van der Waals surface area contributed by atoms with Crippen LogP contribution in [-0.2, 0) is 16.1 Å². The molecular formula is C12H18NO4+. The van der Waals surface area contributed by atoms with Crippen molar-refractivity contribution in [3.63, 3.8) is 0 Å². The van der Waals surface area contributed by atoms with Crippen molar-refractivity contribution in [2.45, 2.75) is 6.54 Å². The molecule has 0 bridgehead atoms. The van der Waals surface area contributed by atoms with Crippen LogP contribution in [-0.4, -0.2) is 47.8 Å². The summed E-state index contributed by atoms with van der Waals surface area (Å²) in [5.74, 6) is -3.65. The smallest absolute Gasteiger partial charge is 0.414 e. The normalized spacial score (nSPS) is 10.1. The molecule has 0 unspecified atom stereocenters. The molecule has 94 valence electrons. The zero-order valence-corrected chi connectivity index (χ0v) is 10.3. The summed E-state index contributed by atoms with van der Waals surface area (Å²) in [4.78, 5) is 18.2. The Morgan fingerprint density at radius 1 is 1.00 bits per heavy atom. The average Bonchev–Trinajstić information content (AvgIpc) is 2.17. The number of hydrogen-bond donors (Lipinski definition) is 2. The molecule has 0 heterocycles. The molecule has 5 nitrogen and oxygen atoms in total. The highest BCUT2D eigenvalue weighted by Gasteiger charge is 2.06. The van der Waals surface area contributed by atoms with Crippen LogP contribution < -0.4 is 0 Å². The quantitative estimate of drug-likeness (QED) is 0.598. The molecule has 0 aliphatic rings. The van der Waals surface area contributed by atoms with E-state index >= 15 is 0 Å². The Morgan fingerprint density at radius 3 is 1.71 bits per heavy atom. The van der Waals surface area contributed by atoms with Gasteiger partial charge in [-0.25, -0.2) is 9.59 Å². The van der Waals surface area contributed by atoms with Gasteiger partial charge >= 0.3 is 11.9 Å². The number of carbonyl (C=O) groups is 2. The molecule has 0 aliphatic heterocycles. The first-order chi connectivity index (χ1) is 7.72. The summed E-state index contributed by atoms with van der Waals surface area (Å²) in [7, 11) is 6.60. The van der Waals surface area contributed by atoms with E-state index in [2.05, 4.69) is 51.5 Å². The minimum Gasteiger partial charge on any atom is -0.473 e. The maximum absolute atomic E-state index is 9.10. The molecule has 0 atom stereocenters. The monoisotopic (exact) mass is 240 g/mol. The third kappa shape index (κ3) is 9.07. The van der Waals surface area contributed by atoms with Crippen molar-refractivity contribution in [2.24, 2.45) is 0 Å². The molecule has 5 heteroatoms. The number of hydrogen-bond acceptors (Lipinski definition) is 2. The number of aliphatic carboxylic acids is 2. The van der Waals surface area contributed by atoms with E-state index in [1.54, 1.807) is 0 Å². The van der Waals surface area contributed by atoms with Gasteiger partial charge in [0.05, 0.1) is 21.1 Å². The lowest BCUT2D eigenvalue weighted by atomic mass is 10.2. The number of nitrogens with zero attached hydrogens (tertiary/aromatic N) is 1. The Kier molecular flexibility index (Phi) is 5.91. The fraction of sp³-hybridized carbons (Fsp3) is 0.333. The van der Waals surface area contributed by atoms with E-state index in [1.807, 2.05) is 0 Å². The van der Waals surface area contributed by atoms with Crippen LogP contribution in [0.2, 0.25) is 0 Å². The van der Waals surface area contributed by atoms with Crippen molar-refractivity contribution in [3.8, 4) is 0 Å². The second-order valence-corrected chi connectivity index (χ2v) is 4.54. The van der Waals surface area contributed by atoms with Gasteiger partial charge in [-0.2, -0.15) is 0 Å². The maximum Gasteiger partial charge on any atom is 0.414 e. The topological polar surface area (TPSA) is 74.6 Å². The molecule has 1 aromatic carbocycles. The SMILES string of the molecule is C[N+](C)(C)Cc1ccccc1.O=C(O)C(=O)O. The fourth-order valence-corrected chi connectivity index (χ4v) is 1.13. The number of benzene rings is 1. The molecule has 0 saturated carbocycles. The number of carboxylic acids is 2. The minimum atomic E-state index is -1.82. The van der Waals surface area contributed by atoms with Gasteiger partial charge in [0, 0.05) is 5.56 Å². The van der Waals surface area contributed by atoms with Gasteiger partial charge in [0.1, 0.15) is 6.54 Å². The molecule has 0 spiro atoms. The van der Waals surface area contributed by atoms with E-state index < -0.39 is 11.9 Å². The van der Waals surface area contributed by atoms with Crippen molar-refractivity contribution in [1.29, 1.82) is 0 Å². The van der Waals surface area contributed by atoms with Crippen molar-refractivity contribution in [3.05, 3.63) is 35.9 Å². The van der Waals surface area contributed by atoms with E-state index in [0.29, 0.717) is 0 Å². The third-order valence-electron chi connectivity index (χ3n) is 1.68. The third-order valence-corrected chi connectivity index (χ3v) is 1.68. The van der Waals surface area contributed by atoms with Gasteiger partial charge in [-0.3, -0.25) is 0 Å². The lowest BCUT2D eigenvalue weighted by molar-refractivity contribution is -0.884. The first-order valence-electron chi connectivity index (χ1n) is 5.03. The predicted molar refractivity (Wildman–Crippen MR) is 63.5 cm³/mol. The van der Waals surface area contributed by atoms with Crippen LogP contribution in [0.25, 0.3) is 0 Å². The van der Waals surface area contributed by atoms with E-state index in [-0.39, 0.29) is 0 Å². The van der Waals surface area contributed by atoms with Crippen molar-refractivity contribution in [1.82, 2.24) is 0 Å². The zero-order chi connectivity index (χ0) is 13.5. The van der Waals surface area contributed by atoms with Gasteiger partial charge in [0.25, 0.3) is 0 Å². The predicted octanol–water partition coefficient (Wildman–Crippen LogP) is 1.05. The van der Waals surface area contributed by atoms with Crippen molar-refractivity contribution < 1.29 is 24.3 Å². The van der Waals surface area contributed by atoms with Gasteiger partial charge in [-0.05, 0) is 0 Å². The van der Waals surface area contributed by atoms with Crippen molar-refractivity contribution >= 4 is 11.9 Å². The molecule has 0 saturated heterocycles. The van der Waals surface area contributed by atoms with Crippen LogP contribution >= 0.6 is 0 Å². The van der Waals surface area contributed by atoms with Crippen LogP contribution in [0, 0.1) is 0 Å². The summed E-state index contributed by atoms with van der Waals surface area (Å²) in [6, 6.07) is 10.6. The highest BCUT2D eigenvalue weighted by Crippen LogP contribution is 2.05. The average molecular weight is 240 g/mol. The van der Waals surface area contributed by atoms with Crippen LogP contribution in [0.4, 0.5) is 0 Å². The summed E-state index contributed by atoms with van der Waals surface area (Å²) in [5, 5.41) is 14.8. The molecule has 1 aromatic rings. The van der Waals surface area contributed by atoms with Gasteiger partial charge in [0.15, 0.2) is 0 Å². The van der Waals surface area contributed by atoms with Gasteiger partial charge in [-0.1, -0.05) is 30.3 Å². The van der Waals surface area contributed by atoms with E-state index in [4.69, 9.17) is 19.8 Å². The second-order valence-electron chi connectivity index (χ2n) is 4.54. The Bertz CT molecular complexity index is 356. The summed E-state index contributed by atoms with van der Waals surface area (Å²) in [6.45, 7) is 1.10. The highest BCUT2D eigenvalue weighted by molar-refractivity contribution is 6.27. The van der Waals surface area contributed by atoms with Crippen LogP contribution in [0.1, 0.15) is 5.56 Å². The lowest BCUT2D eigenvalue weighted by Crippen LogP contribution is -2.33. The maximum atomic E-state index is 9.10. The summed E-state index contributed by atoms with van der Waals surface area (Å²) in [6.07, 6.45) is 0. The molecule has 2 N–H and O–H groups in total. The molecule has 17 heavy (non-hydrogen) atoms. The summed E-state index contributed by atoms with van der Waals surface area (Å²) in [5.41, 5.74) is 1.40. The molecule has 1 rings (SSSR count). The first-order valence-corrected chi connectivity index (χ1v) is 5.03. The Hall–Kier alpha value is -1.88. The Morgan fingerprint density at radius 2 is 1.41 bits per heavy atom. The standard InChI is InChI=1S/C10H16N.C2H2O4/c1-11(2,3)9-10-7-5-4-6-8-10;3-1(4)2(5)6/h4-8H,9H2,1-3H3;(H,3,4)(H,5,6)/q+1;. The van der Waals surface area contributed by atoms with Crippen LogP contribution in [0.5, 0.6) is 0 Å². The van der Waals surface area contributed by atoms with Crippen LogP contribution in [0.3, 0.4) is 0 Å². The lowest BCUT2D eigenvalue weighted by Gasteiger charge is -2.23. The Labute approximate surface area is 101 Å². The van der Waals surface area contributed by atoms with Crippen molar-refractivity contribution in [2.75, 3.05) is 21.1 Å². The Balaban J connectivity index is 0.000000366. The molecule has 0 radical (unpaired) electrons. The van der Waals surface area contributed by atoms with E-state index in [1.165, 1.54) is 5.56 Å². The van der Waals surface area contributed by atoms with Crippen LogP contribution in [0.15, 0.2) is 30.3 Å². The number of carboxylic acid groups (broad SMARTS) is 2. The number of rotatable bonds is 2. The molecule has 0 aliphatic carbocycles. The van der Waals surface area contributed by atoms with Gasteiger partial charge < -0.3 is 14.7 Å². The number of quaternary nitrogens is 1. The van der Waals surface area contributed by atoms with Gasteiger partial charge in [0.2, 0.25) is 0 Å². The molecule has 0 amide bonds. The summed E-state index contributed by atoms with van der Waals surface area (Å²) < 4.78 is 0.990. The molecular weight excluding hydrogens is 222 g/mol. The van der Waals surface area contributed by atoms with Gasteiger partial charge in [-0.15, -0.1) is 0 Å². The van der Waals surface area contributed by atoms with E-state index in [0.717, 1.165) is 11.0 Å². The fourth-order valence-electron chi connectivity index (χ4n) is 1.13. The zero-order valence-electron chi connectivity index (χ0n) is 10.3. The second kappa shape index (κ2) is 6.65. The summed E-state index contributed by atoms with van der Waals surface area (Å²) >= 11 is 0. The molecule has 0 aromatic heterocycles. The minimum absolute atomic E-state index is 0.990. The largest absolute Gasteiger partial charge is 0.473 e.